The normalized spacial score (nSPS) is 28.4. The van der Waals surface area contributed by atoms with E-state index >= 15 is 0 Å². The average molecular weight is 248 g/mol. The van der Waals surface area contributed by atoms with Gasteiger partial charge in [-0.15, -0.1) is 0 Å². The van der Waals surface area contributed by atoms with Crippen molar-refractivity contribution in [2.24, 2.45) is 11.7 Å². The molecule has 1 aromatic heterocycles. The number of nitrogens with two attached hydrogens (primary N) is 1. The summed E-state index contributed by atoms with van der Waals surface area (Å²) >= 11 is 0. The van der Waals surface area contributed by atoms with Gasteiger partial charge in [0.1, 0.15) is 11.6 Å². The SMILES string of the molecule is CC1CC(N)CN(c2cc(=O)[nH]c(C3CC3)n2)C1. The Morgan fingerprint density at radius 1 is 1.44 bits per heavy atom. The van der Waals surface area contributed by atoms with Gasteiger partial charge in [0.15, 0.2) is 0 Å². The second-order valence-corrected chi connectivity index (χ2v) is 5.77. The maximum atomic E-state index is 11.7. The first-order chi connectivity index (χ1) is 8.61. The number of nitrogens with zero attached hydrogens (tertiary/aromatic N) is 2. The van der Waals surface area contributed by atoms with Crippen LogP contribution in [-0.2, 0) is 0 Å². The van der Waals surface area contributed by atoms with E-state index in [4.69, 9.17) is 5.73 Å². The lowest BCUT2D eigenvalue weighted by atomic mass is 9.97. The Morgan fingerprint density at radius 3 is 2.89 bits per heavy atom. The van der Waals surface area contributed by atoms with E-state index in [1.165, 1.54) is 0 Å². The Hall–Kier alpha value is -1.36. The zero-order valence-electron chi connectivity index (χ0n) is 10.7. The predicted octanol–water partition coefficient (Wildman–Crippen LogP) is 0.821. The molecule has 3 N–H and O–H groups in total. The van der Waals surface area contributed by atoms with E-state index in [0.29, 0.717) is 11.8 Å². The van der Waals surface area contributed by atoms with Crippen molar-refractivity contribution in [1.29, 1.82) is 0 Å². The van der Waals surface area contributed by atoms with E-state index in [9.17, 15) is 4.79 Å². The number of aromatic nitrogens is 2. The van der Waals surface area contributed by atoms with Crippen molar-refractivity contribution in [2.75, 3.05) is 18.0 Å². The van der Waals surface area contributed by atoms with E-state index in [2.05, 4.69) is 21.8 Å². The minimum Gasteiger partial charge on any atom is -0.355 e. The van der Waals surface area contributed by atoms with E-state index in [1.807, 2.05) is 0 Å². The summed E-state index contributed by atoms with van der Waals surface area (Å²) in [6.07, 6.45) is 3.33. The molecule has 2 fully saturated rings. The lowest BCUT2D eigenvalue weighted by molar-refractivity contribution is 0.399. The van der Waals surface area contributed by atoms with Crippen molar-refractivity contribution in [3.05, 3.63) is 22.2 Å². The number of rotatable bonds is 2. The van der Waals surface area contributed by atoms with Crippen LogP contribution in [0, 0.1) is 5.92 Å². The Balaban J connectivity index is 1.88. The van der Waals surface area contributed by atoms with E-state index < -0.39 is 0 Å². The lowest BCUT2D eigenvalue weighted by Crippen LogP contribution is -2.47. The molecule has 0 aromatic carbocycles. The zero-order valence-corrected chi connectivity index (χ0v) is 10.7. The Morgan fingerprint density at radius 2 is 2.22 bits per heavy atom. The molecule has 5 nitrogen and oxygen atoms in total. The highest BCUT2D eigenvalue weighted by molar-refractivity contribution is 5.39. The molecule has 2 unspecified atom stereocenters. The van der Waals surface area contributed by atoms with Gasteiger partial charge in [-0.1, -0.05) is 6.92 Å². The Labute approximate surface area is 106 Å². The highest BCUT2D eigenvalue weighted by Crippen LogP contribution is 2.38. The number of hydrogen-bond acceptors (Lipinski definition) is 4. The molecule has 0 amide bonds. The third-order valence-corrected chi connectivity index (χ3v) is 3.73. The Kier molecular flexibility index (Phi) is 2.86. The summed E-state index contributed by atoms with van der Waals surface area (Å²) in [6, 6.07) is 1.77. The predicted molar refractivity (Wildman–Crippen MR) is 70.8 cm³/mol. The largest absolute Gasteiger partial charge is 0.355 e. The van der Waals surface area contributed by atoms with E-state index in [-0.39, 0.29) is 11.6 Å². The zero-order chi connectivity index (χ0) is 12.7. The van der Waals surface area contributed by atoms with Crippen LogP contribution >= 0.6 is 0 Å². The summed E-state index contributed by atoms with van der Waals surface area (Å²) in [5.41, 5.74) is 6.00. The van der Waals surface area contributed by atoms with Crippen LogP contribution in [0.4, 0.5) is 5.82 Å². The van der Waals surface area contributed by atoms with Gasteiger partial charge in [-0.2, -0.15) is 0 Å². The molecule has 0 spiro atoms. The molecule has 0 bridgehead atoms. The first kappa shape index (κ1) is 11.7. The molecule has 1 aliphatic heterocycles. The molecule has 0 radical (unpaired) electrons. The summed E-state index contributed by atoms with van der Waals surface area (Å²) in [7, 11) is 0. The number of H-pyrrole nitrogens is 1. The van der Waals surface area contributed by atoms with Gasteiger partial charge in [0.05, 0.1) is 0 Å². The third-order valence-electron chi connectivity index (χ3n) is 3.73. The maximum Gasteiger partial charge on any atom is 0.252 e. The quantitative estimate of drug-likeness (QED) is 0.812. The van der Waals surface area contributed by atoms with Crippen molar-refractivity contribution in [2.45, 2.75) is 38.1 Å². The highest BCUT2D eigenvalue weighted by atomic mass is 16.1. The number of anilines is 1. The fraction of sp³-hybridized carbons (Fsp3) is 0.692. The molecular weight excluding hydrogens is 228 g/mol. The van der Waals surface area contributed by atoms with Crippen molar-refractivity contribution in [3.63, 3.8) is 0 Å². The molecule has 98 valence electrons. The smallest absolute Gasteiger partial charge is 0.252 e. The van der Waals surface area contributed by atoms with Crippen LogP contribution in [0.1, 0.15) is 37.9 Å². The van der Waals surface area contributed by atoms with Gasteiger partial charge < -0.3 is 15.6 Å². The van der Waals surface area contributed by atoms with Crippen LogP contribution in [-0.4, -0.2) is 29.1 Å². The minimum absolute atomic E-state index is 0.0475. The summed E-state index contributed by atoms with van der Waals surface area (Å²) < 4.78 is 0. The molecule has 1 aliphatic carbocycles. The van der Waals surface area contributed by atoms with Gasteiger partial charge in [0.25, 0.3) is 5.56 Å². The first-order valence-electron chi connectivity index (χ1n) is 6.73. The molecule has 2 aliphatic rings. The summed E-state index contributed by atoms with van der Waals surface area (Å²) in [6.45, 7) is 3.93. The van der Waals surface area contributed by atoms with Gasteiger partial charge in [0.2, 0.25) is 0 Å². The van der Waals surface area contributed by atoms with E-state index in [0.717, 1.165) is 44.0 Å². The Bertz CT molecular complexity index is 484. The fourth-order valence-electron chi connectivity index (χ4n) is 2.76. The average Bonchev–Trinajstić information content (AvgIpc) is 3.10. The number of aromatic amines is 1. The van der Waals surface area contributed by atoms with Crippen LogP contribution in [0.2, 0.25) is 0 Å². The first-order valence-corrected chi connectivity index (χ1v) is 6.73. The standard InChI is InChI=1S/C13H20N4O/c1-8-4-10(14)7-17(6-8)11-5-12(18)16-13(15-11)9-2-3-9/h5,8-10H,2-4,6-7,14H2,1H3,(H,15,16,18). The van der Waals surface area contributed by atoms with Gasteiger partial charge in [-0.3, -0.25) is 4.79 Å². The van der Waals surface area contributed by atoms with Gasteiger partial charge in [-0.25, -0.2) is 4.98 Å². The van der Waals surface area contributed by atoms with Gasteiger partial charge in [-0.05, 0) is 25.2 Å². The van der Waals surface area contributed by atoms with Gasteiger partial charge in [0, 0.05) is 31.1 Å². The van der Waals surface area contributed by atoms with Crippen LogP contribution in [0.3, 0.4) is 0 Å². The van der Waals surface area contributed by atoms with Crippen LogP contribution in [0.15, 0.2) is 10.9 Å². The highest BCUT2D eigenvalue weighted by Gasteiger charge is 2.28. The molecule has 1 saturated heterocycles. The summed E-state index contributed by atoms with van der Waals surface area (Å²) in [5, 5.41) is 0. The number of piperidine rings is 1. The van der Waals surface area contributed by atoms with E-state index in [1.54, 1.807) is 6.07 Å². The molecule has 5 heteroatoms. The molecule has 18 heavy (non-hydrogen) atoms. The second-order valence-electron chi connectivity index (χ2n) is 5.77. The van der Waals surface area contributed by atoms with Crippen molar-refractivity contribution in [3.8, 4) is 0 Å². The fourth-order valence-corrected chi connectivity index (χ4v) is 2.76. The van der Waals surface area contributed by atoms with Crippen molar-refractivity contribution < 1.29 is 0 Å². The molecule has 1 saturated carbocycles. The van der Waals surface area contributed by atoms with Crippen LogP contribution in [0.5, 0.6) is 0 Å². The van der Waals surface area contributed by atoms with Gasteiger partial charge >= 0.3 is 0 Å². The molecule has 3 rings (SSSR count). The number of hydrogen-bond donors (Lipinski definition) is 2. The van der Waals surface area contributed by atoms with Crippen molar-refractivity contribution >= 4 is 5.82 Å². The maximum absolute atomic E-state index is 11.7. The van der Waals surface area contributed by atoms with Crippen molar-refractivity contribution in [1.82, 2.24) is 9.97 Å². The minimum atomic E-state index is -0.0475. The number of nitrogens with one attached hydrogen (secondary N) is 1. The lowest BCUT2D eigenvalue weighted by Gasteiger charge is -2.35. The molecule has 2 heterocycles. The molecule has 2 atom stereocenters. The topological polar surface area (TPSA) is 75.0 Å². The monoisotopic (exact) mass is 248 g/mol. The molecular formula is C13H20N4O. The molecule has 1 aromatic rings. The summed E-state index contributed by atoms with van der Waals surface area (Å²) in [4.78, 5) is 21.3. The second kappa shape index (κ2) is 4.39. The third kappa shape index (κ3) is 2.41. The summed E-state index contributed by atoms with van der Waals surface area (Å²) in [5.74, 6) is 2.67. The van der Waals surface area contributed by atoms with Crippen LogP contribution in [0.25, 0.3) is 0 Å². The van der Waals surface area contributed by atoms with Crippen LogP contribution < -0.4 is 16.2 Å².